The highest BCUT2D eigenvalue weighted by Crippen LogP contribution is 2.33. The molecule has 0 radical (unpaired) electrons. The number of nitrogens with one attached hydrogen (secondary N) is 1. The van der Waals surface area contributed by atoms with E-state index in [9.17, 15) is 5.11 Å². The molecule has 0 aliphatic heterocycles. The minimum Gasteiger partial charge on any atom is -0.508 e. The fourth-order valence-electron chi connectivity index (χ4n) is 3.26. The van der Waals surface area contributed by atoms with Crippen LogP contribution in [0.25, 0.3) is 0 Å². The van der Waals surface area contributed by atoms with Crippen molar-refractivity contribution in [1.29, 1.82) is 0 Å². The summed E-state index contributed by atoms with van der Waals surface area (Å²) in [5.74, 6) is 1.90. The average molecular weight is 275 g/mol. The minimum atomic E-state index is 0.176. The molecule has 2 nitrogen and oxygen atoms in total. The molecular formula is C18H29NO. The molecule has 20 heavy (non-hydrogen) atoms. The Hall–Kier alpha value is -1.02. The van der Waals surface area contributed by atoms with E-state index in [2.05, 4.69) is 32.2 Å². The molecule has 0 heterocycles. The summed E-state index contributed by atoms with van der Waals surface area (Å²) in [6, 6.07) is 7.76. The van der Waals surface area contributed by atoms with Crippen molar-refractivity contribution in [3.05, 3.63) is 29.8 Å². The number of benzene rings is 1. The van der Waals surface area contributed by atoms with Crippen LogP contribution in [0.1, 0.15) is 52.0 Å². The molecule has 1 aromatic rings. The van der Waals surface area contributed by atoms with Gasteiger partial charge in [0.05, 0.1) is 0 Å². The van der Waals surface area contributed by atoms with Crippen LogP contribution in [-0.4, -0.2) is 17.2 Å². The highest BCUT2D eigenvalue weighted by Gasteiger charge is 2.26. The summed E-state index contributed by atoms with van der Waals surface area (Å²) in [7, 11) is 0. The fraction of sp³-hybridized carbons (Fsp3) is 0.667. The Morgan fingerprint density at radius 1 is 1.25 bits per heavy atom. The van der Waals surface area contributed by atoms with E-state index in [4.69, 9.17) is 0 Å². The summed E-state index contributed by atoms with van der Waals surface area (Å²) < 4.78 is 0. The van der Waals surface area contributed by atoms with Crippen LogP contribution in [0.3, 0.4) is 0 Å². The van der Waals surface area contributed by atoms with Gasteiger partial charge in [0.2, 0.25) is 0 Å². The molecule has 0 spiro atoms. The lowest BCUT2D eigenvalue weighted by molar-refractivity contribution is 0.286. The molecule has 1 atom stereocenters. The SMILES string of the molecule is CC(C)(C)NCC(Cc1cccc(O)c1)C1CCCC1. The van der Waals surface area contributed by atoms with Crippen LogP contribution in [0, 0.1) is 11.8 Å². The Kier molecular flexibility index (Phi) is 5.09. The van der Waals surface area contributed by atoms with Crippen molar-refractivity contribution in [2.45, 2.75) is 58.4 Å². The number of hydrogen-bond donors (Lipinski definition) is 2. The second kappa shape index (κ2) is 6.62. The number of aromatic hydroxyl groups is 1. The van der Waals surface area contributed by atoms with Crippen LogP contribution in [0.5, 0.6) is 5.75 Å². The van der Waals surface area contributed by atoms with Crippen LogP contribution >= 0.6 is 0 Å². The third-order valence-corrected chi connectivity index (χ3v) is 4.37. The summed E-state index contributed by atoms with van der Waals surface area (Å²) in [6.07, 6.45) is 6.58. The van der Waals surface area contributed by atoms with Gasteiger partial charge >= 0.3 is 0 Å². The van der Waals surface area contributed by atoms with E-state index >= 15 is 0 Å². The molecule has 0 amide bonds. The van der Waals surface area contributed by atoms with Crippen LogP contribution in [0.4, 0.5) is 0 Å². The first kappa shape index (κ1) is 15.4. The van der Waals surface area contributed by atoms with Crippen molar-refractivity contribution in [3.63, 3.8) is 0 Å². The summed E-state index contributed by atoms with van der Waals surface area (Å²) >= 11 is 0. The Bertz CT molecular complexity index is 416. The summed E-state index contributed by atoms with van der Waals surface area (Å²) in [5.41, 5.74) is 1.44. The van der Waals surface area contributed by atoms with Gasteiger partial charge in [-0.2, -0.15) is 0 Å². The van der Waals surface area contributed by atoms with E-state index in [1.165, 1.54) is 31.2 Å². The smallest absolute Gasteiger partial charge is 0.115 e. The third kappa shape index (κ3) is 4.82. The summed E-state index contributed by atoms with van der Waals surface area (Å²) in [4.78, 5) is 0. The first-order valence-corrected chi connectivity index (χ1v) is 7.97. The second-order valence-corrected chi connectivity index (χ2v) is 7.31. The first-order chi connectivity index (χ1) is 9.44. The zero-order chi connectivity index (χ0) is 14.6. The van der Waals surface area contributed by atoms with Gasteiger partial charge < -0.3 is 10.4 Å². The van der Waals surface area contributed by atoms with Gasteiger partial charge in [0, 0.05) is 5.54 Å². The molecule has 2 rings (SSSR count). The Morgan fingerprint density at radius 3 is 2.55 bits per heavy atom. The molecule has 1 aliphatic rings. The number of phenols is 1. The molecule has 2 heteroatoms. The van der Waals surface area contributed by atoms with Gasteiger partial charge in [-0.3, -0.25) is 0 Å². The zero-order valence-corrected chi connectivity index (χ0v) is 13.2. The van der Waals surface area contributed by atoms with Crippen molar-refractivity contribution < 1.29 is 5.11 Å². The molecule has 112 valence electrons. The first-order valence-electron chi connectivity index (χ1n) is 7.97. The molecule has 1 fully saturated rings. The van der Waals surface area contributed by atoms with Crippen molar-refractivity contribution in [3.8, 4) is 5.75 Å². The van der Waals surface area contributed by atoms with Gasteiger partial charge in [-0.05, 0) is 63.3 Å². The minimum absolute atomic E-state index is 0.176. The monoisotopic (exact) mass is 275 g/mol. The maximum atomic E-state index is 9.63. The van der Waals surface area contributed by atoms with E-state index < -0.39 is 0 Å². The van der Waals surface area contributed by atoms with Crippen molar-refractivity contribution >= 4 is 0 Å². The molecule has 2 N–H and O–H groups in total. The molecule has 1 aliphatic carbocycles. The van der Waals surface area contributed by atoms with Gasteiger partial charge in [-0.15, -0.1) is 0 Å². The largest absolute Gasteiger partial charge is 0.508 e. The van der Waals surface area contributed by atoms with Crippen LogP contribution in [0.2, 0.25) is 0 Å². The Labute approximate surface area is 123 Å². The van der Waals surface area contributed by atoms with E-state index in [0.29, 0.717) is 11.7 Å². The normalized spacial score (nSPS) is 18.4. The van der Waals surface area contributed by atoms with Crippen LogP contribution < -0.4 is 5.32 Å². The zero-order valence-electron chi connectivity index (χ0n) is 13.2. The highest BCUT2D eigenvalue weighted by atomic mass is 16.3. The molecule has 0 aromatic heterocycles. The van der Waals surface area contributed by atoms with E-state index in [0.717, 1.165) is 18.9 Å². The second-order valence-electron chi connectivity index (χ2n) is 7.31. The van der Waals surface area contributed by atoms with Gasteiger partial charge in [0.15, 0.2) is 0 Å². The van der Waals surface area contributed by atoms with Gasteiger partial charge in [-0.1, -0.05) is 37.8 Å². The van der Waals surface area contributed by atoms with Crippen LogP contribution in [-0.2, 0) is 6.42 Å². The van der Waals surface area contributed by atoms with Gasteiger partial charge in [0.25, 0.3) is 0 Å². The Morgan fingerprint density at radius 2 is 1.95 bits per heavy atom. The lowest BCUT2D eigenvalue weighted by atomic mass is 9.85. The quantitative estimate of drug-likeness (QED) is 0.847. The lowest BCUT2D eigenvalue weighted by Gasteiger charge is -2.29. The number of hydrogen-bond acceptors (Lipinski definition) is 2. The molecule has 0 saturated heterocycles. The molecule has 0 bridgehead atoms. The Balaban J connectivity index is 2.01. The maximum absolute atomic E-state index is 9.63. The van der Waals surface area contributed by atoms with Crippen LogP contribution in [0.15, 0.2) is 24.3 Å². The predicted octanol–water partition coefficient (Wildman–Crippen LogP) is 4.13. The fourth-order valence-corrected chi connectivity index (χ4v) is 3.26. The standard InChI is InChI=1S/C18H29NO/c1-18(2,3)19-13-16(15-8-4-5-9-15)11-14-7-6-10-17(20)12-14/h6-7,10,12,15-16,19-20H,4-5,8-9,11,13H2,1-3H3. The number of phenolic OH excluding ortho intramolecular Hbond substituents is 1. The molecular weight excluding hydrogens is 246 g/mol. The topological polar surface area (TPSA) is 32.3 Å². The maximum Gasteiger partial charge on any atom is 0.115 e. The molecule has 1 unspecified atom stereocenters. The van der Waals surface area contributed by atoms with Crippen molar-refractivity contribution in [1.82, 2.24) is 5.32 Å². The highest BCUT2D eigenvalue weighted by molar-refractivity contribution is 5.27. The molecule has 1 saturated carbocycles. The summed E-state index contributed by atoms with van der Waals surface area (Å²) in [6.45, 7) is 7.76. The third-order valence-electron chi connectivity index (χ3n) is 4.37. The van der Waals surface area contributed by atoms with Gasteiger partial charge in [0.1, 0.15) is 5.75 Å². The molecule has 1 aromatic carbocycles. The van der Waals surface area contributed by atoms with E-state index in [-0.39, 0.29) is 5.54 Å². The van der Waals surface area contributed by atoms with Gasteiger partial charge in [-0.25, -0.2) is 0 Å². The van der Waals surface area contributed by atoms with E-state index in [1.807, 2.05) is 12.1 Å². The van der Waals surface area contributed by atoms with Crippen molar-refractivity contribution in [2.75, 3.05) is 6.54 Å². The van der Waals surface area contributed by atoms with Crippen molar-refractivity contribution in [2.24, 2.45) is 11.8 Å². The lowest BCUT2D eigenvalue weighted by Crippen LogP contribution is -2.41. The number of rotatable bonds is 5. The van der Waals surface area contributed by atoms with E-state index in [1.54, 1.807) is 6.07 Å². The summed E-state index contributed by atoms with van der Waals surface area (Å²) in [5, 5.41) is 13.3. The average Bonchev–Trinajstić information content (AvgIpc) is 2.87. The predicted molar refractivity (Wildman–Crippen MR) is 85.0 cm³/mol.